The quantitative estimate of drug-likeness (QED) is 0.256. The monoisotopic (exact) mass is 458 g/mol. The van der Waals surface area contributed by atoms with Gasteiger partial charge in [0.1, 0.15) is 0 Å². The Kier molecular flexibility index (Phi) is 11.5. The molecule has 0 aromatic heterocycles. The predicted octanol–water partition coefficient (Wildman–Crippen LogP) is 6.76. The number of halogens is 1. The smallest absolute Gasteiger partial charge is 0.269 e. The van der Waals surface area contributed by atoms with Gasteiger partial charge in [0, 0.05) is 11.1 Å². The van der Waals surface area contributed by atoms with Crippen LogP contribution in [0, 0.1) is 0 Å². The summed E-state index contributed by atoms with van der Waals surface area (Å²) in [5.74, 6) is -0.149. The lowest BCUT2D eigenvalue weighted by atomic mass is 10.2. The van der Waals surface area contributed by atoms with E-state index in [9.17, 15) is 9.59 Å². The van der Waals surface area contributed by atoms with E-state index in [1.165, 1.54) is 5.56 Å². The van der Waals surface area contributed by atoms with E-state index in [1.54, 1.807) is 36.4 Å². The van der Waals surface area contributed by atoms with Crippen molar-refractivity contribution in [3.63, 3.8) is 0 Å². The van der Waals surface area contributed by atoms with E-state index in [-0.39, 0.29) is 5.91 Å². The van der Waals surface area contributed by atoms with Crippen LogP contribution in [0.1, 0.15) is 33.2 Å². The van der Waals surface area contributed by atoms with Crippen LogP contribution in [0.5, 0.6) is 0 Å². The number of hydrogen-bond acceptors (Lipinski definition) is 3. The minimum atomic E-state index is -0.407. The first-order chi connectivity index (χ1) is 16.1. The molecule has 1 amide bonds. The largest absolute Gasteiger partial charge is 0.298 e. The highest BCUT2D eigenvalue weighted by molar-refractivity contribution is 6.67. The number of aryl methyl sites for hydroxylation is 1. The molecule has 4 aromatic rings. The molecule has 0 radical (unpaired) electrons. The van der Waals surface area contributed by atoms with Crippen LogP contribution < -0.4 is 10.9 Å². The zero-order valence-electron chi connectivity index (χ0n) is 18.4. The molecule has 2 N–H and O–H groups in total. The number of amides is 1. The highest BCUT2D eigenvalue weighted by Gasteiger charge is 2.02. The van der Waals surface area contributed by atoms with E-state index in [0.29, 0.717) is 11.1 Å². The second kappa shape index (κ2) is 15.0. The van der Waals surface area contributed by atoms with Crippen molar-refractivity contribution in [3.05, 3.63) is 138 Å². The number of carbonyl (C=O) groups excluding carboxylic acids is 2. The lowest BCUT2D eigenvalue weighted by Crippen LogP contribution is -2.29. The zero-order chi connectivity index (χ0) is 23.7. The Bertz CT molecular complexity index is 1070. The van der Waals surface area contributed by atoms with Gasteiger partial charge in [0.25, 0.3) is 11.1 Å². The Morgan fingerprint density at radius 2 is 1.06 bits per heavy atom. The fourth-order valence-electron chi connectivity index (χ4n) is 2.60. The van der Waals surface area contributed by atoms with Crippen LogP contribution in [-0.4, -0.2) is 11.1 Å². The van der Waals surface area contributed by atoms with E-state index in [1.807, 2.05) is 60.7 Å². The fourth-order valence-corrected chi connectivity index (χ4v) is 2.72. The van der Waals surface area contributed by atoms with Gasteiger partial charge in [-0.05, 0) is 47.9 Å². The molecule has 168 valence electrons. The number of carbonyl (C=O) groups is 2. The molecule has 0 aliphatic carbocycles. The second-order valence-corrected chi connectivity index (χ2v) is 7.13. The summed E-state index contributed by atoms with van der Waals surface area (Å²) in [5, 5.41) is -0.407. The molecule has 0 saturated heterocycles. The van der Waals surface area contributed by atoms with E-state index in [4.69, 9.17) is 11.6 Å². The highest BCUT2D eigenvalue weighted by atomic mass is 35.5. The third kappa shape index (κ3) is 10.3. The second-order valence-electron chi connectivity index (χ2n) is 6.79. The molecule has 0 saturated carbocycles. The van der Waals surface area contributed by atoms with Gasteiger partial charge in [0.2, 0.25) is 0 Å². The maximum absolute atomic E-state index is 11.6. The number of rotatable bonds is 5. The molecule has 0 unspecified atom stereocenters. The minimum absolute atomic E-state index is 0.149. The van der Waals surface area contributed by atoms with Crippen LogP contribution in [0.3, 0.4) is 0 Å². The van der Waals surface area contributed by atoms with Gasteiger partial charge >= 0.3 is 0 Å². The lowest BCUT2D eigenvalue weighted by molar-refractivity contribution is 0.0962. The molecule has 0 heterocycles. The van der Waals surface area contributed by atoms with Gasteiger partial charge in [-0.1, -0.05) is 104 Å². The number of nitrogens with one attached hydrogen (secondary N) is 2. The van der Waals surface area contributed by atoms with Gasteiger partial charge in [0.05, 0.1) is 5.69 Å². The average molecular weight is 459 g/mol. The van der Waals surface area contributed by atoms with Gasteiger partial charge in [0.15, 0.2) is 0 Å². The van der Waals surface area contributed by atoms with Crippen molar-refractivity contribution < 1.29 is 9.59 Å². The number of para-hydroxylation sites is 1. The van der Waals surface area contributed by atoms with Crippen LogP contribution in [0.4, 0.5) is 5.69 Å². The van der Waals surface area contributed by atoms with Crippen LogP contribution in [0.25, 0.3) is 0 Å². The molecular formula is C28H27ClN2O2. The third-order valence-corrected chi connectivity index (χ3v) is 4.60. The normalized spacial score (nSPS) is 9.27. The summed E-state index contributed by atoms with van der Waals surface area (Å²) in [6, 6.07) is 37.7. The van der Waals surface area contributed by atoms with E-state index in [0.717, 1.165) is 12.1 Å². The van der Waals surface area contributed by atoms with Crippen LogP contribution in [0.2, 0.25) is 0 Å². The Morgan fingerprint density at radius 3 is 1.45 bits per heavy atom. The Balaban J connectivity index is 0.000000192. The minimum Gasteiger partial charge on any atom is -0.298 e. The van der Waals surface area contributed by atoms with Crippen LogP contribution >= 0.6 is 11.6 Å². The topological polar surface area (TPSA) is 58.2 Å². The molecule has 4 aromatic carbocycles. The van der Waals surface area contributed by atoms with Gasteiger partial charge in [-0.15, -0.1) is 0 Å². The summed E-state index contributed by atoms with van der Waals surface area (Å²) in [6.45, 7) is 2.16. The van der Waals surface area contributed by atoms with Crippen molar-refractivity contribution in [2.75, 3.05) is 5.43 Å². The summed E-state index contributed by atoms with van der Waals surface area (Å²) in [7, 11) is 0. The standard InChI is InChI=1S/C13H12N2O.C8H10.C7H5ClO/c16-13(11-7-3-1-4-8-11)15-14-12-9-5-2-6-10-12;1-2-8-6-4-3-5-7-8;8-7(9)6-4-2-1-3-5-6/h1-10,14H,(H,15,16);3-7H,2H2,1H3;1-5H. The van der Waals surface area contributed by atoms with Gasteiger partial charge in [-0.3, -0.25) is 20.4 Å². The van der Waals surface area contributed by atoms with Gasteiger partial charge < -0.3 is 0 Å². The molecule has 0 aliphatic heterocycles. The van der Waals surface area contributed by atoms with E-state index >= 15 is 0 Å². The number of hydrazine groups is 1. The summed E-state index contributed by atoms with van der Waals surface area (Å²) in [6.07, 6.45) is 1.14. The maximum Gasteiger partial charge on any atom is 0.269 e. The maximum atomic E-state index is 11.6. The number of anilines is 1. The average Bonchev–Trinajstić information content (AvgIpc) is 2.90. The molecule has 4 nitrogen and oxygen atoms in total. The Labute approximate surface area is 200 Å². The van der Waals surface area contributed by atoms with Crippen molar-refractivity contribution in [3.8, 4) is 0 Å². The molecule has 0 spiro atoms. The van der Waals surface area contributed by atoms with Crippen molar-refractivity contribution in [2.24, 2.45) is 0 Å². The lowest BCUT2D eigenvalue weighted by Gasteiger charge is -2.07. The zero-order valence-corrected chi connectivity index (χ0v) is 19.2. The summed E-state index contributed by atoms with van der Waals surface area (Å²) in [4.78, 5) is 22.1. The molecule has 0 atom stereocenters. The first kappa shape index (κ1) is 25.4. The highest BCUT2D eigenvalue weighted by Crippen LogP contribution is 2.04. The Morgan fingerprint density at radius 1 is 0.636 bits per heavy atom. The van der Waals surface area contributed by atoms with Crippen molar-refractivity contribution >= 4 is 28.4 Å². The molecule has 4 rings (SSSR count). The molecule has 0 bridgehead atoms. The molecule has 33 heavy (non-hydrogen) atoms. The van der Waals surface area contributed by atoms with Crippen molar-refractivity contribution in [2.45, 2.75) is 13.3 Å². The number of benzene rings is 4. The third-order valence-electron chi connectivity index (χ3n) is 4.38. The first-order valence-corrected chi connectivity index (χ1v) is 10.9. The van der Waals surface area contributed by atoms with Gasteiger partial charge in [-0.25, -0.2) is 0 Å². The van der Waals surface area contributed by atoms with E-state index < -0.39 is 5.24 Å². The van der Waals surface area contributed by atoms with E-state index in [2.05, 4.69) is 42.0 Å². The van der Waals surface area contributed by atoms with Crippen molar-refractivity contribution in [1.82, 2.24) is 5.43 Å². The first-order valence-electron chi connectivity index (χ1n) is 10.6. The SMILES string of the molecule is CCc1ccccc1.O=C(Cl)c1ccccc1.O=C(NNc1ccccc1)c1ccccc1. The number of hydrogen-bond donors (Lipinski definition) is 2. The predicted molar refractivity (Wildman–Crippen MR) is 136 cm³/mol. The molecule has 5 heteroatoms. The van der Waals surface area contributed by atoms with Crippen molar-refractivity contribution in [1.29, 1.82) is 0 Å². The molecular weight excluding hydrogens is 432 g/mol. The molecule has 0 aliphatic rings. The summed E-state index contributed by atoms with van der Waals surface area (Å²) < 4.78 is 0. The van der Waals surface area contributed by atoms with Gasteiger partial charge in [-0.2, -0.15) is 0 Å². The van der Waals surface area contributed by atoms with Crippen LogP contribution in [0.15, 0.2) is 121 Å². The van der Waals surface area contributed by atoms with Crippen LogP contribution in [-0.2, 0) is 6.42 Å². The Hall–Kier alpha value is -3.89. The summed E-state index contributed by atoms with van der Waals surface area (Å²) in [5.41, 5.74) is 8.90. The fraction of sp³-hybridized carbons (Fsp3) is 0.0714. The summed E-state index contributed by atoms with van der Waals surface area (Å²) >= 11 is 5.16. The molecule has 0 fully saturated rings.